The molecule has 3 heterocycles. The van der Waals surface area contributed by atoms with Gasteiger partial charge in [0.25, 0.3) is 0 Å². The van der Waals surface area contributed by atoms with Crippen LogP contribution < -0.4 is 5.32 Å². The third-order valence-electron chi connectivity index (χ3n) is 7.75. The van der Waals surface area contributed by atoms with E-state index in [9.17, 15) is 19.8 Å². The van der Waals surface area contributed by atoms with Crippen LogP contribution in [0.4, 0.5) is 0 Å². The predicted molar refractivity (Wildman–Crippen MR) is 134 cm³/mol. The second kappa shape index (κ2) is 11.1. The maximum Gasteiger partial charge on any atom is 0.248 e. The van der Waals surface area contributed by atoms with Crippen LogP contribution in [0.1, 0.15) is 64.1 Å². The largest absolute Gasteiger partial charge is 0.395 e. The van der Waals surface area contributed by atoms with Crippen molar-refractivity contribution in [2.45, 2.75) is 76.6 Å². The number of β-amino-alcohol motifs (C(OH)–C–C–N with tert-alkyl or cyclic N) is 1. The van der Waals surface area contributed by atoms with E-state index in [0.717, 1.165) is 44.7 Å². The molecule has 0 bridgehead atoms. The van der Waals surface area contributed by atoms with Gasteiger partial charge in [0.05, 0.1) is 18.4 Å². The van der Waals surface area contributed by atoms with Gasteiger partial charge in [0.1, 0.15) is 12.1 Å². The number of carbonyl (C=O) groups is 2. The molecule has 0 radical (unpaired) electrons. The molecular weight excluding hydrogens is 462 g/mol. The highest BCUT2D eigenvalue weighted by Crippen LogP contribution is 2.40. The second-order valence-corrected chi connectivity index (χ2v) is 11.8. The molecule has 2 amide bonds. The molecule has 1 aliphatic carbocycles. The Kier molecular flexibility index (Phi) is 8.33. The van der Waals surface area contributed by atoms with Crippen LogP contribution >= 0.6 is 0 Å². The van der Waals surface area contributed by atoms with E-state index in [0.29, 0.717) is 18.9 Å². The predicted octanol–water partition coefficient (Wildman–Crippen LogP) is -0.181. The highest BCUT2D eigenvalue weighted by atomic mass is 16.3. The highest BCUT2D eigenvalue weighted by molar-refractivity contribution is 5.90. The average Bonchev–Trinajstić information content (AvgIpc) is 3.43. The first-order valence-corrected chi connectivity index (χ1v) is 13.3. The topological polar surface area (TPSA) is 127 Å². The van der Waals surface area contributed by atoms with Crippen LogP contribution in [-0.4, -0.2) is 123 Å². The highest BCUT2D eigenvalue weighted by Gasteiger charge is 2.45. The summed E-state index contributed by atoms with van der Waals surface area (Å²) in [4.78, 5) is 33.0. The molecule has 2 aliphatic heterocycles. The van der Waals surface area contributed by atoms with Crippen LogP contribution in [0.25, 0.3) is 0 Å². The third kappa shape index (κ3) is 6.24. The zero-order valence-corrected chi connectivity index (χ0v) is 22.1. The number of piperazine rings is 1. The summed E-state index contributed by atoms with van der Waals surface area (Å²) in [5.74, 6) is -0.0628. The Hall–Kier alpha value is -2.08. The number of hydrogen-bond acceptors (Lipinski definition) is 8. The van der Waals surface area contributed by atoms with E-state index in [4.69, 9.17) is 0 Å². The Morgan fingerprint density at radius 2 is 1.89 bits per heavy atom. The molecule has 3 aliphatic rings. The normalized spacial score (nSPS) is 25.7. The summed E-state index contributed by atoms with van der Waals surface area (Å²) in [7, 11) is 2.09. The lowest BCUT2D eigenvalue weighted by molar-refractivity contribution is -0.144. The minimum Gasteiger partial charge on any atom is -0.395 e. The van der Waals surface area contributed by atoms with Crippen LogP contribution in [0.3, 0.4) is 0 Å². The van der Waals surface area contributed by atoms with E-state index in [1.807, 2.05) is 27.0 Å². The summed E-state index contributed by atoms with van der Waals surface area (Å²) in [5.41, 5.74) is 0.448. The van der Waals surface area contributed by atoms with Gasteiger partial charge in [0, 0.05) is 63.8 Å². The van der Waals surface area contributed by atoms with E-state index >= 15 is 0 Å². The molecule has 36 heavy (non-hydrogen) atoms. The molecular formula is C25H43N7O4. The number of nitrogens with zero attached hydrogens (tertiary/aromatic N) is 6. The van der Waals surface area contributed by atoms with E-state index in [1.54, 1.807) is 4.68 Å². The number of carbonyl (C=O) groups excluding carboxylic acids is 2. The minimum atomic E-state index is -0.751. The van der Waals surface area contributed by atoms with Crippen LogP contribution in [0, 0.1) is 5.41 Å². The van der Waals surface area contributed by atoms with Gasteiger partial charge in [-0.3, -0.25) is 14.5 Å². The lowest BCUT2D eigenvalue weighted by atomic mass is 9.85. The van der Waals surface area contributed by atoms with Crippen molar-refractivity contribution in [2.75, 3.05) is 52.9 Å². The van der Waals surface area contributed by atoms with Gasteiger partial charge in [-0.15, -0.1) is 5.10 Å². The van der Waals surface area contributed by atoms with Gasteiger partial charge in [0.15, 0.2) is 0 Å². The molecule has 3 unspecified atom stereocenters. The van der Waals surface area contributed by atoms with E-state index < -0.39 is 23.6 Å². The van der Waals surface area contributed by atoms with Crippen LogP contribution in [0.5, 0.6) is 0 Å². The zero-order chi connectivity index (χ0) is 26.0. The summed E-state index contributed by atoms with van der Waals surface area (Å²) in [6, 6.07) is -1.38. The summed E-state index contributed by atoms with van der Waals surface area (Å²) >= 11 is 0. The maximum atomic E-state index is 13.8. The summed E-state index contributed by atoms with van der Waals surface area (Å²) in [5, 5.41) is 31.8. The van der Waals surface area contributed by atoms with Crippen molar-refractivity contribution in [3.63, 3.8) is 0 Å². The molecule has 4 rings (SSSR count). The van der Waals surface area contributed by atoms with Gasteiger partial charge in [0.2, 0.25) is 11.8 Å². The number of likely N-dealkylation sites (N-methyl/N-ethyl adjacent to an activating group) is 1. The van der Waals surface area contributed by atoms with Crippen molar-refractivity contribution in [2.24, 2.45) is 5.41 Å². The third-order valence-corrected chi connectivity index (χ3v) is 7.75. The molecule has 0 spiro atoms. The van der Waals surface area contributed by atoms with Gasteiger partial charge in [-0.25, -0.2) is 4.68 Å². The SMILES string of the molecule is CN1CCN(C(CO)CCNC(=O)C2CC(O)CN2C(=O)[C@@H](n2cc(C3CC3)nn2)C(C)(C)C)CC1. The van der Waals surface area contributed by atoms with Crippen LogP contribution in [-0.2, 0) is 9.59 Å². The summed E-state index contributed by atoms with van der Waals surface area (Å²) in [6.45, 7) is 10.2. The molecule has 2 saturated heterocycles. The maximum absolute atomic E-state index is 13.8. The first-order valence-electron chi connectivity index (χ1n) is 13.3. The molecule has 3 N–H and O–H groups in total. The van der Waals surface area contributed by atoms with Gasteiger partial charge in [-0.1, -0.05) is 26.0 Å². The van der Waals surface area contributed by atoms with Gasteiger partial charge in [-0.2, -0.15) is 0 Å². The monoisotopic (exact) mass is 505 g/mol. The van der Waals surface area contributed by atoms with E-state index in [1.165, 1.54) is 4.90 Å². The fourth-order valence-electron chi connectivity index (χ4n) is 5.38. The van der Waals surface area contributed by atoms with Gasteiger partial charge in [-0.05, 0) is 31.7 Å². The Labute approximate surface area is 213 Å². The Morgan fingerprint density at radius 1 is 1.19 bits per heavy atom. The standard InChI is InChI=1S/C25H43N7O4/c1-25(2,3)22(32-15-20(27-28-32)17-5-6-17)24(36)31-14-19(34)13-21(31)23(35)26-8-7-18(16-33)30-11-9-29(4)10-12-30/h15,17-19,21-22,33-34H,5-14,16H2,1-4H3,(H,26,35)/t18?,19?,21?,22-/m1/s1. The van der Waals surface area contributed by atoms with Crippen molar-refractivity contribution in [3.05, 3.63) is 11.9 Å². The van der Waals surface area contributed by atoms with Crippen molar-refractivity contribution in [1.29, 1.82) is 0 Å². The Morgan fingerprint density at radius 3 is 2.50 bits per heavy atom. The van der Waals surface area contributed by atoms with E-state index in [-0.39, 0.29) is 37.4 Å². The molecule has 11 heteroatoms. The van der Waals surface area contributed by atoms with Crippen LogP contribution in [0.15, 0.2) is 6.20 Å². The fourth-order valence-corrected chi connectivity index (χ4v) is 5.38. The number of likely N-dealkylation sites (tertiary alicyclic amines) is 1. The summed E-state index contributed by atoms with van der Waals surface area (Å²) in [6.07, 6.45) is 4.14. The molecule has 1 saturated carbocycles. The molecule has 1 aromatic heterocycles. The fraction of sp³-hybridized carbons (Fsp3) is 0.840. The van der Waals surface area contributed by atoms with Gasteiger partial charge >= 0.3 is 0 Å². The van der Waals surface area contributed by atoms with Crippen molar-refractivity contribution < 1.29 is 19.8 Å². The molecule has 4 atom stereocenters. The number of aliphatic hydroxyl groups is 2. The van der Waals surface area contributed by atoms with Crippen molar-refractivity contribution in [3.8, 4) is 0 Å². The molecule has 1 aromatic rings. The molecule has 3 fully saturated rings. The first-order chi connectivity index (χ1) is 17.1. The second-order valence-electron chi connectivity index (χ2n) is 11.8. The molecule has 0 aromatic carbocycles. The lowest BCUT2D eigenvalue weighted by Gasteiger charge is -2.37. The van der Waals surface area contributed by atoms with Crippen molar-refractivity contribution >= 4 is 11.8 Å². The minimum absolute atomic E-state index is 0.0100. The van der Waals surface area contributed by atoms with Gasteiger partial charge < -0.3 is 25.3 Å². The number of rotatable bonds is 9. The van der Waals surface area contributed by atoms with Crippen molar-refractivity contribution in [1.82, 2.24) is 35.0 Å². The smallest absolute Gasteiger partial charge is 0.248 e. The number of aromatic nitrogens is 3. The van der Waals surface area contributed by atoms with E-state index in [2.05, 4.69) is 32.5 Å². The number of aliphatic hydroxyl groups excluding tert-OH is 2. The Bertz CT molecular complexity index is 904. The Balaban J connectivity index is 1.39. The number of hydrogen-bond donors (Lipinski definition) is 3. The van der Waals surface area contributed by atoms with Crippen LogP contribution in [0.2, 0.25) is 0 Å². The average molecular weight is 506 g/mol. The molecule has 11 nitrogen and oxygen atoms in total. The quantitative estimate of drug-likeness (QED) is 0.422. The summed E-state index contributed by atoms with van der Waals surface area (Å²) < 4.78 is 1.64. The lowest BCUT2D eigenvalue weighted by Crippen LogP contribution is -2.52. The zero-order valence-electron chi connectivity index (χ0n) is 22.1. The molecule has 202 valence electrons. The number of nitrogens with one attached hydrogen (secondary N) is 1. The first kappa shape index (κ1) is 27.0. The number of amides is 2.